The SMILES string of the molecule is Cc1ncsc1-c1ccc(CNC(=O)[C@@H]2C[C@@H](O)CN2C(=O)[C@@H](NC(=O)CCN2CC3(C2)CN(C(=O)c2ccc(CCOc4cc(-c5ccccc5O)nnc4N)cc2)C3)C(C)(C)C)cc1. The summed E-state index contributed by atoms with van der Waals surface area (Å²) in [4.78, 5) is 65.2. The maximum atomic E-state index is 14.1. The predicted molar refractivity (Wildman–Crippen MR) is 250 cm³/mol. The van der Waals surface area contributed by atoms with Crippen LogP contribution < -0.4 is 21.1 Å². The number of carbonyl (C=O) groups excluding carboxylic acids is 4. The number of nitrogen functional groups attached to an aromatic ring is 1. The van der Waals surface area contributed by atoms with Crippen molar-refractivity contribution in [1.29, 1.82) is 0 Å². The number of nitrogens with one attached hydrogen (secondary N) is 2. The van der Waals surface area contributed by atoms with Gasteiger partial charge in [0, 0.05) is 87.7 Å². The number of aromatic hydroxyl groups is 1. The minimum absolute atomic E-state index is 0.00550. The second kappa shape index (κ2) is 19.2. The first kappa shape index (κ1) is 46.1. The van der Waals surface area contributed by atoms with E-state index in [4.69, 9.17) is 10.5 Å². The van der Waals surface area contributed by atoms with Gasteiger partial charge in [0.25, 0.3) is 5.91 Å². The van der Waals surface area contributed by atoms with Crippen molar-refractivity contribution in [2.24, 2.45) is 10.8 Å². The average molecular weight is 916 g/mol. The number of para-hydroxylation sites is 1. The lowest BCUT2D eigenvalue weighted by atomic mass is 9.72. The quantitative estimate of drug-likeness (QED) is 0.0986. The van der Waals surface area contributed by atoms with Crippen LogP contribution in [-0.4, -0.2) is 128 Å². The zero-order valence-corrected chi connectivity index (χ0v) is 38.5. The zero-order valence-electron chi connectivity index (χ0n) is 37.7. The summed E-state index contributed by atoms with van der Waals surface area (Å²) in [5.41, 5.74) is 12.7. The first-order valence-electron chi connectivity index (χ1n) is 22.3. The number of amides is 4. The number of rotatable bonds is 15. The highest BCUT2D eigenvalue weighted by atomic mass is 32.1. The van der Waals surface area contributed by atoms with Gasteiger partial charge in [-0.2, -0.15) is 0 Å². The molecule has 0 aliphatic carbocycles. The van der Waals surface area contributed by atoms with Gasteiger partial charge in [0.15, 0.2) is 11.6 Å². The molecular formula is C49H57N9O7S. The van der Waals surface area contributed by atoms with E-state index >= 15 is 0 Å². The van der Waals surface area contributed by atoms with Gasteiger partial charge in [-0.25, -0.2) is 4.98 Å². The van der Waals surface area contributed by atoms with Crippen molar-refractivity contribution in [3.8, 4) is 33.2 Å². The summed E-state index contributed by atoms with van der Waals surface area (Å²) >= 11 is 1.58. The molecule has 3 aliphatic rings. The molecule has 3 saturated heterocycles. The van der Waals surface area contributed by atoms with Gasteiger partial charge in [0.1, 0.15) is 23.5 Å². The van der Waals surface area contributed by atoms with Gasteiger partial charge in [-0.15, -0.1) is 21.5 Å². The number of anilines is 1. The molecule has 2 aromatic heterocycles. The lowest BCUT2D eigenvalue weighted by molar-refractivity contribution is -0.144. The van der Waals surface area contributed by atoms with Gasteiger partial charge in [0.2, 0.25) is 17.7 Å². The number of nitrogens with two attached hydrogens (primary N) is 1. The van der Waals surface area contributed by atoms with E-state index < -0.39 is 29.5 Å². The van der Waals surface area contributed by atoms with Gasteiger partial charge in [-0.05, 0) is 53.3 Å². The number of benzene rings is 3. The van der Waals surface area contributed by atoms with Gasteiger partial charge in [-0.1, -0.05) is 69.3 Å². The zero-order chi connectivity index (χ0) is 46.8. The van der Waals surface area contributed by atoms with E-state index in [0.717, 1.165) is 40.4 Å². The number of β-amino-alcohol motifs (C(OH)–C–C–N with tert-alkyl or cyclic N) is 1. The van der Waals surface area contributed by atoms with Crippen LogP contribution >= 0.6 is 11.3 Å². The molecule has 0 saturated carbocycles. The number of hydrogen-bond donors (Lipinski definition) is 5. The largest absolute Gasteiger partial charge is 0.507 e. The molecule has 3 aromatic carbocycles. The van der Waals surface area contributed by atoms with E-state index in [0.29, 0.717) is 55.2 Å². The van der Waals surface area contributed by atoms with Crippen LogP contribution in [0.25, 0.3) is 21.7 Å². The van der Waals surface area contributed by atoms with Crippen LogP contribution in [0.5, 0.6) is 11.5 Å². The van der Waals surface area contributed by atoms with Gasteiger partial charge < -0.3 is 46.0 Å². The van der Waals surface area contributed by atoms with E-state index in [1.165, 1.54) is 4.90 Å². The number of aliphatic hydroxyl groups excluding tert-OH is 1. The number of thiazole rings is 1. The van der Waals surface area contributed by atoms with Crippen molar-refractivity contribution >= 4 is 40.8 Å². The Labute approximate surface area is 388 Å². The molecule has 0 unspecified atom stereocenters. The summed E-state index contributed by atoms with van der Waals surface area (Å²) in [7, 11) is 0. The van der Waals surface area contributed by atoms with Gasteiger partial charge in [-0.3, -0.25) is 19.2 Å². The predicted octanol–water partition coefficient (Wildman–Crippen LogP) is 4.44. The summed E-state index contributed by atoms with van der Waals surface area (Å²) < 4.78 is 5.92. The van der Waals surface area contributed by atoms with Crippen LogP contribution in [0.2, 0.25) is 0 Å². The van der Waals surface area contributed by atoms with Crippen LogP contribution in [0.3, 0.4) is 0 Å². The summed E-state index contributed by atoms with van der Waals surface area (Å²) in [5, 5.41) is 34.8. The second-order valence-corrected chi connectivity index (χ2v) is 19.7. The molecule has 66 heavy (non-hydrogen) atoms. The Morgan fingerprint density at radius 3 is 2.36 bits per heavy atom. The Morgan fingerprint density at radius 1 is 0.970 bits per heavy atom. The first-order chi connectivity index (χ1) is 31.6. The third-order valence-electron chi connectivity index (χ3n) is 12.6. The fourth-order valence-electron chi connectivity index (χ4n) is 9.04. The number of aliphatic hydroxyl groups is 1. The lowest BCUT2D eigenvalue weighted by Crippen LogP contribution is -2.72. The molecule has 8 rings (SSSR count). The van der Waals surface area contributed by atoms with E-state index in [1.54, 1.807) is 41.7 Å². The summed E-state index contributed by atoms with van der Waals surface area (Å²) in [6.07, 6.45) is 0.0191. The summed E-state index contributed by atoms with van der Waals surface area (Å²) in [6.45, 7) is 11.5. The average Bonchev–Trinajstić information content (AvgIpc) is 3.89. The Bertz CT molecular complexity index is 2570. The normalized spacial score (nSPS) is 18.3. The van der Waals surface area contributed by atoms with Crippen LogP contribution in [0.1, 0.15) is 60.8 Å². The molecule has 5 aromatic rings. The van der Waals surface area contributed by atoms with E-state index in [-0.39, 0.29) is 60.6 Å². The number of aromatic nitrogens is 3. The van der Waals surface area contributed by atoms with Crippen molar-refractivity contribution in [3.05, 3.63) is 107 Å². The van der Waals surface area contributed by atoms with Crippen molar-refractivity contribution in [3.63, 3.8) is 0 Å². The van der Waals surface area contributed by atoms with Crippen LogP contribution in [0.15, 0.2) is 84.4 Å². The molecular weight excluding hydrogens is 859 g/mol. The molecule has 0 radical (unpaired) electrons. The highest BCUT2D eigenvalue weighted by molar-refractivity contribution is 7.13. The van der Waals surface area contributed by atoms with Crippen molar-refractivity contribution in [1.82, 2.24) is 40.5 Å². The second-order valence-electron chi connectivity index (χ2n) is 18.9. The minimum atomic E-state index is -0.903. The number of phenolic OH excluding ortho intramolecular Hbond substituents is 1. The fraction of sp³-hybridized carbons (Fsp3) is 0.408. The lowest BCUT2D eigenvalue weighted by Gasteiger charge is -2.60. The molecule has 5 heterocycles. The summed E-state index contributed by atoms with van der Waals surface area (Å²) in [6, 6.07) is 22.1. The topological polar surface area (TPSA) is 216 Å². The highest BCUT2D eigenvalue weighted by Crippen LogP contribution is 2.40. The molecule has 3 atom stereocenters. The number of phenols is 1. The fourth-order valence-corrected chi connectivity index (χ4v) is 9.85. The molecule has 3 fully saturated rings. The van der Waals surface area contributed by atoms with E-state index in [2.05, 4.69) is 30.7 Å². The van der Waals surface area contributed by atoms with Gasteiger partial charge in [0.05, 0.1) is 28.8 Å². The number of likely N-dealkylation sites (tertiary alicyclic amines) is 3. The Hall–Kier alpha value is -6.43. The number of aryl methyl sites for hydroxylation is 1. The molecule has 0 bridgehead atoms. The van der Waals surface area contributed by atoms with E-state index in [9.17, 15) is 29.4 Å². The van der Waals surface area contributed by atoms with E-state index in [1.807, 2.05) is 86.6 Å². The molecule has 6 N–H and O–H groups in total. The molecule has 4 amide bonds. The molecule has 1 spiro atoms. The van der Waals surface area contributed by atoms with Crippen LogP contribution in [0, 0.1) is 17.8 Å². The van der Waals surface area contributed by atoms with Crippen molar-refractivity contribution in [2.45, 2.75) is 71.7 Å². The molecule has 16 nitrogen and oxygen atoms in total. The number of carbonyl (C=O) groups is 4. The maximum Gasteiger partial charge on any atom is 0.253 e. The maximum absolute atomic E-state index is 14.1. The Balaban J connectivity index is 0.758. The van der Waals surface area contributed by atoms with Crippen molar-refractivity contribution < 1.29 is 34.1 Å². The Kier molecular flexibility index (Phi) is 13.4. The number of hydrogen-bond acceptors (Lipinski definition) is 13. The van der Waals surface area contributed by atoms with Crippen LogP contribution in [0.4, 0.5) is 5.82 Å². The molecule has 3 aliphatic heterocycles. The monoisotopic (exact) mass is 915 g/mol. The standard InChI is InChI=1S/C49H57N9O7S/c1-30-42(66-29-52-30)33-13-11-32(12-14-33)23-51-45(62)38-21-35(59)24-58(38)47(64)43(48(2,3)4)53-41(61)17-19-56-25-49(26-56)27-57(28-49)46(63)34-15-9-31(10-16-34)18-20-65-40-22-37(54-55-44(40)50)36-7-5-6-8-39(36)60/h5-16,22,29,35,38,43,59-60H,17-21,23-28H2,1-4H3,(H2,50,55)(H,51,62)(H,53,61)/t35-,38+,43-/m1/s1. The van der Waals surface area contributed by atoms with Crippen molar-refractivity contribution in [2.75, 3.05) is 51.6 Å². The Morgan fingerprint density at radius 2 is 1.68 bits per heavy atom. The molecule has 17 heteroatoms. The minimum Gasteiger partial charge on any atom is -0.507 e. The van der Waals surface area contributed by atoms with Crippen LogP contribution in [-0.2, 0) is 27.3 Å². The number of nitrogens with zero attached hydrogens (tertiary/aromatic N) is 6. The number of ether oxygens (including phenoxy) is 1. The smallest absolute Gasteiger partial charge is 0.253 e. The third-order valence-corrected chi connectivity index (χ3v) is 13.6. The first-order valence-corrected chi connectivity index (χ1v) is 23.1. The highest BCUT2D eigenvalue weighted by Gasteiger charge is 2.53. The molecule has 346 valence electrons. The summed E-state index contributed by atoms with van der Waals surface area (Å²) in [5.74, 6) is -0.435. The van der Waals surface area contributed by atoms with Gasteiger partial charge >= 0.3 is 0 Å². The third kappa shape index (κ3) is 10.3.